The van der Waals surface area contributed by atoms with Crippen LogP contribution in [0.5, 0.6) is 0 Å². The van der Waals surface area contributed by atoms with Crippen molar-refractivity contribution < 1.29 is 9.90 Å². The molecular weight excluding hydrogens is 226 g/mol. The lowest BCUT2D eigenvalue weighted by Gasteiger charge is -2.37. The van der Waals surface area contributed by atoms with E-state index >= 15 is 0 Å². The Morgan fingerprint density at radius 1 is 1.28 bits per heavy atom. The van der Waals surface area contributed by atoms with Crippen LogP contribution in [-0.2, 0) is 4.79 Å². The minimum atomic E-state index is -0.640. The maximum Gasteiger partial charge on any atom is 0.303 e. The summed E-state index contributed by atoms with van der Waals surface area (Å²) in [5, 5.41) is 8.77. The van der Waals surface area contributed by atoms with E-state index in [2.05, 4.69) is 11.8 Å². The minimum Gasteiger partial charge on any atom is -0.481 e. The molecule has 18 heavy (non-hydrogen) atoms. The lowest BCUT2D eigenvalue weighted by Crippen LogP contribution is -2.41. The summed E-state index contributed by atoms with van der Waals surface area (Å²) >= 11 is 0. The Morgan fingerprint density at radius 3 is 2.78 bits per heavy atom. The van der Waals surface area contributed by atoms with Crippen LogP contribution in [0.4, 0.5) is 0 Å². The van der Waals surface area contributed by atoms with Gasteiger partial charge >= 0.3 is 5.97 Å². The Kier molecular flexibility index (Phi) is 5.04. The summed E-state index contributed by atoms with van der Waals surface area (Å²) in [6, 6.07) is 0.794. The Bertz CT molecular complexity index is 280. The topological polar surface area (TPSA) is 40.5 Å². The highest BCUT2D eigenvalue weighted by Crippen LogP contribution is 2.34. The van der Waals surface area contributed by atoms with Crippen LogP contribution in [0.15, 0.2) is 0 Å². The van der Waals surface area contributed by atoms with Crippen LogP contribution in [0.1, 0.15) is 58.3 Å². The number of rotatable bonds is 5. The maximum atomic E-state index is 10.6. The van der Waals surface area contributed by atoms with E-state index in [9.17, 15) is 4.79 Å². The third kappa shape index (κ3) is 3.71. The lowest BCUT2D eigenvalue weighted by atomic mass is 9.92. The van der Waals surface area contributed by atoms with Gasteiger partial charge in [0.25, 0.3) is 0 Å². The number of piperidine rings is 1. The third-order valence-corrected chi connectivity index (χ3v) is 4.92. The number of aliphatic carboxylic acids is 1. The number of hydrogen-bond acceptors (Lipinski definition) is 2. The van der Waals surface area contributed by atoms with Gasteiger partial charge in [-0.1, -0.05) is 13.3 Å². The Hall–Kier alpha value is -0.570. The molecule has 1 saturated carbocycles. The van der Waals surface area contributed by atoms with Crippen LogP contribution in [0.25, 0.3) is 0 Å². The van der Waals surface area contributed by atoms with Gasteiger partial charge in [-0.05, 0) is 56.9 Å². The fourth-order valence-electron chi connectivity index (χ4n) is 3.74. The van der Waals surface area contributed by atoms with Gasteiger partial charge in [-0.3, -0.25) is 4.79 Å². The molecule has 2 rings (SSSR count). The van der Waals surface area contributed by atoms with E-state index in [0.29, 0.717) is 12.3 Å². The predicted molar refractivity (Wildman–Crippen MR) is 72.6 cm³/mol. The quantitative estimate of drug-likeness (QED) is 0.818. The fraction of sp³-hybridized carbons (Fsp3) is 0.933. The molecule has 2 aliphatic rings. The molecule has 0 radical (unpaired) electrons. The first-order chi connectivity index (χ1) is 8.69. The van der Waals surface area contributed by atoms with Gasteiger partial charge in [-0.25, -0.2) is 0 Å². The van der Waals surface area contributed by atoms with Crippen molar-refractivity contribution in [1.82, 2.24) is 4.90 Å². The lowest BCUT2D eigenvalue weighted by molar-refractivity contribution is -0.137. The molecule has 0 amide bonds. The normalized spacial score (nSPS) is 33.7. The van der Waals surface area contributed by atoms with Crippen LogP contribution in [-0.4, -0.2) is 35.1 Å². The predicted octanol–water partition coefficient (Wildman–Crippen LogP) is 3.14. The van der Waals surface area contributed by atoms with Crippen molar-refractivity contribution in [1.29, 1.82) is 0 Å². The second-order valence-corrected chi connectivity index (χ2v) is 6.18. The number of carboxylic acids is 1. The molecule has 1 aliphatic heterocycles. The maximum absolute atomic E-state index is 10.6. The van der Waals surface area contributed by atoms with Crippen molar-refractivity contribution in [2.24, 2.45) is 11.8 Å². The zero-order chi connectivity index (χ0) is 13.0. The Balaban J connectivity index is 1.78. The molecule has 1 heterocycles. The summed E-state index contributed by atoms with van der Waals surface area (Å²) in [7, 11) is 0. The van der Waals surface area contributed by atoms with Gasteiger partial charge in [-0.2, -0.15) is 0 Å². The van der Waals surface area contributed by atoms with E-state index < -0.39 is 5.97 Å². The Labute approximate surface area is 111 Å². The van der Waals surface area contributed by atoms with E-state index in [1.54, 1.807) is 0 Å². The van der Waals surface area contributed by atoms with Gasteiger partial charge in [-0.15, -0.1) is 0 Å². The van der Waals surface area contributed by atoms with Crippen molar-refractivity contribution in [3.05, 3.63) is 0 Å². The first-order valence-corrected chi connectivity index (χ1v) is 7.65. The highest BCUT2D eigenvalue weighted by atomic mass is 16.4. The SMILES string of the molecule is CCC1CCC(N2CCCC(CCC(=O)O)C2)C1. The van der Waals surface area contributed by atoms with E-state index in [1.807, 2.05) is 0 Å². The number of hydrogen-bond donors (Lipinski definition) is 1. The molecule has 1 N–H and O–H groups in total. The second kappa shape index (κ2) is 6.55. The van der Waals surface area contributed by atoms with Crippen LogP contribution < -0.4 is 0 Å². The molecule has 0 aromatic heterocycles. The first-order valence-electron chi connectivity index (χ1n) is 7.65. The molecule has 0 aromatic carbocycles. The van der Waals surface area contributed by atoms with Crippen molar-refractivity contribution in [2.75, 3.05) is 13.1 Å². The van der Waals surface area contributed by atoms with E-state index in [1.165, 1.54) is 45.1 Å². The number of carbonyl (C=O) groups is 1. The largest absolute Gasteiger partial charge is 0.481 e. The first kappa shape index (κ1) is 13.9. The standard InChI is InChI=1S/C15H27NO2/c1-2-12-5-7-14(10-12)16-9-3-4-13(11-16)6-8-15(17)18/h12-14H,2-11H2,1H3,(H,17,18). The highest BCUT2D eigenvalue weighted by Gasteiger charge is 2.31. The van der Waals surface area contributed by atoms with E-state index in [-0.39, 0.29) is 0 Å². The second-order valence-electron chi connectivity index (χ2n) is 6.18. The monoisotopic (exact) mass is 253 g/mol. The molecule has 0 bridgehead atoms. The summed E-state index contributed by atoms with van der Waals surface area (Å²) in [5.41, 5.74) is 0. The average molecular weight is 253 g/mol. The molecule has 104 valence electrons. The average Bonchev–Trinajstić information content (AvgIpc) is 2.85. The van der Waals surface area contributed by atoms with Crippen LogP contribution in [0.2, 0.25) is 0 Å². The molecule has 3 nitrogen and oxygen atoms in total. The van der Waals surface area contributed by atoms with Crippen molar-refractivity contribution in [3.8, 4) is 0 Å². The van der Waals surface area contributed by atoms with Crippen molar-refractivity contribution in [3.63, 3.8) is 0 Å². The third-order valence-electron chi connectivity index (χ3n) is 4.92. The van der Waals surface area contributed by atoms with Crippen molar-refractivity contribution in [2.45, 2.75) is 64.3 Å². The molecule has 0 aromatic rings. The zero-order valence-electron chi connectivity index (χ0n) is 11.6. The van der Waals surface area contributed by atoms with Crippen LogP contribution in [0, 0.1) is 11.8 Å². The summed E-state index contributed by atoms with van der Waals surface area (Å²) < 4.78 is 0. The summed E-state index contributed by atoms with van der Waals surface area (Å²) in [4.78, 5) is 13.3. The molecule has 1 saturated heterocycles. The fourth-order valence-corrected chi connectivity index (χ4v) is 3.74. The van der Waals surface area contributed by atoms with Gasteiger partial charge in [0.2, 0.25) is 0 Å². The summed E-state index contributed by atoms with van der Waals surface area (Å²) in [5.74, 6) is 0.920. The van der Waals surface area contributed by atoms with Crippen molar-refractivity contribution >= 4 is 5.97 Å². The zero-order valence-corrected chi connectivity index (χ0v) is 11.6. The van der Waals surface area contributed by atoms with E-state index in [4.69, 9.17) is 5.11 Å². The van der Waals surface area contributed by atoms with Gasteiger partial charge in [0.15, 0.2) is 0 Å². The smallest absolute Gasteiger partial charge is 0.303 e. The van der Waals surface area contributed by atoms with Crippen LogP contribution >= 0.6 is 0 Å². The van der Waals surface area contributed by atoms with Gasteiger partial charge in [0.05, 0.1) is 0 Å². The molecule has 3 heteroatoms. The molecule has 2 fully saturated rings. The number of nitrogens with zero attached hydrogens (tertiary/aromatic N) is 1. The molecular formula is C15H27NO2. The molecule has 3 atom stereocenters. The van der Waals surface area contributed by atoms with E-state index in [0.717, 1.165) is 24.9 Å². The minimum absolute atomic E-state index is 0.348. The van der Waals surface area contributed by atoms with Gasteiger partial charge in [0.1, 0.15) is 0 Å². The van der Waals surface area contributed by atoms with Crippen LogP contribution in [0.3, 0.4) is 0 Å². The number of carboxylic acid groups (broad SMARTS) is 1. The summed E-state index contributed by atoms with van der Waals surface area (Å²) in [6.07, 6.45) is 9.18. The number of likely N-dealkylation sites (tertiary alicyclic amines) is 1. The molecule has 0 spiro atoms. The Morgan fingerprint density at radius 2 is 2.11 bits per heavy atom. The highest BCUT2D eigenvalue weighted by molar-refractivity contribution is 5.66. The molecule has 1 aliphatic carbocycles. The van der Waals surface area contributed by atoms with Gasteiger partial charge < -0.3 is 10.0 Å². The summed E-state index contributed by atoms with van der Waals surface area (Å²) in [6.45, 7) is 4.69. The van der Waals surface area contributed by atoms with Gasteiger partial charge in [0, 0.05) is 19.0 Å². The molecule has 3 unspecified atom stereocenters.